The fourth-order valence-electron chi connectivity index (χ4n) is 8.66. The number of fused-ring (bicyclic) bond motifs is 4. The third kappa shape index (κ3) is 3.76. The van der Waals surface area contributed by atoms with Crippen LogP contribution in [-0.4, -0.2) is 39.7 Å². The van der Waals surface area contributed by atoms with E-state index in [0.717, 1.165) is 54.2 Å². The number of allylic oxidation sites excluding steroid dienone is 2. The largest absolute Gasteiger partial charge is 0.508 e. The number of amides is 4. The van der Waals surface area contributed by atoms with Gasteiger partial charge in [-0.1, -0.05) is 54.6 Å². The van der Waals surface area contributed by atoms with Gasteiger partial charge in [0.05, 0.1) is 33.9 Å². The average molecular weight is 591 g/mol. The van der Waals surface area contributed by atoms with E-state index in [4.69, 9.17) is 11.6 Å². The van der Waals surface area contributed by atoms with E-state index in [2.05, 4.69) is 0 Å². The molecule has 0 aromatic heterocycles. The van der Waals surface area contributed by atoms with Crippen molar-refractivity contribution in [2.75, 3.05) is 4.90 Å². The van der Waals surface area contributed by atoms with Crippen LogP contribution in [0.5, 0.6) is 5.75 Å². The first-order chi connectivity index (χ1) is 20.1. The molecular formula is C33H32ClFN2O5. The summed E-state index contributed by atoms with van der Waals surface area (Å²) in [5.74, 6) is -4.48. The van der Waals surface area contributed by atoms with Gasteiger partial charge in [0.25, 0.3) is 0 Å². The first-order valence-electron chi connectivity index (χ1n) is 14.8. The Morgan fingerprint density at radius 2 is 1.64 bits per heavy atom. The minimum Gasteiger partial charge on any atom is -0.508 e. The summed E-state index contributed by atoms with van der Waals surface area (Å²) in [6.45, 7) is 1.79. The molecule has 1 N–H and O–H groups in total. The third-order valence-electron chi connectivity index (χ3n) is 10.6. The monoisotopic (exact) mass is 590 g/mol. The Morgan fingerprint density at radius 3 is 2.33 bits per heavy atom. The Labute approximate surface area is 248 Å². The van der Waals surface area contributed by atoms with Crippen molar-refractivity contribution >= 4 is 40.9 Å². The van der Waals surface area contributed by atoms with E-state index in [-0.39, 0.29) is 46.7 Å². The van der Waals surface area contributed by atoms with Crippen LogP contribution in [0.25, 0.3) is 0 Å². The highest BCUT2D eigenvalue weighted by atomic mass is 35.5. The predicted octanol–water partition coefficient (Wildman–Crippen LogP) is 5.75. The lowest BCUT2D eigenvalue weighted by atomic mass is 9.51. The van der Waals surface area contributed by atoms with Gasteiger partial charge in [0.1, 0.15) is 11.6 Å². The zero-order valence-corrected chi connectivity index (χ0v) is 24.0. The molecular weight excluding hydrogens is 559 g/mol. The van der Waals surface area contributed by atoms with Crippen molar-refractivity contribution in [3.8, 4) is 5.75 Å². The maximum Gasteiger partial charge on any atom is 0.241 e. The number of carbonyl (C=O) groups excluding carboxylic acids is 4. The summed E-state index contributed by atoms with van der Waals surface area (Å²) in [4.78, 5) is 58.9. The second-order valence-electron chi connectivity index (χ2n) is 12.7. The number of aromatic hydroxyl groups is 1. The van der Waals surface area contributed by atoms with Gasteiger partial charge in [-0.05, 0) is 74.4 Å². The van der Waals surface area contributed by atoms with E-state index in [1.165, 1.54) is 17.0 Å². The predicted molar refractivity (Wildman–Crippen MR) is 153 cm³/mol. The van der Waals surface area contributed by atoms with Crippen LogP contribution in [0.4, 0.5) is 10.1 Å². The number of hydrogen-bond donors (Lipinski definition) is 1. The molecule has 4 fully saturated rings. The van der Waals surface area contributed by atoms with Gasteiger partial charge in [0, 0.05) is 12.0 Å². The fraction of sp³-hybridized carbons (Fsp3) is 0.455. The third-order valence-corrected chi connectivity index (χ3v) is 10.9. The maximum atomic E-state index is 14.4. The first-order valence-corrected chi connectivity index (χ1v) is 15.2. The van der Waals surface area contributed by atoms with Crippen molar-refractivity contribution in [2.45, 2.75) is 63.8 Å². The van der Waals surface area contributed by atoms with Crippen molar-refractivity contribution in [3.63, 3.8) is 0 Å². The van der Waals surface area contributed by atoms with Crippen LogP contribution < -0.4 is 4.90 Å². The zero-order chi connectivity index (χ0) is 29.5. The molecule has 0 spiro atoms. The van der Waals surface area contributed by atoms with Crippen molar-refractivity contribution in [3.05, 3.63) is 70.5 Å². The van der Waals surface area contributed by atoms with Gasteiger partial charge in [-0.25, -0.2) is 9.29 Å². The molecule has 0 radical (unpaired) electrons. The first kappa shape index (κ1) is 27.3. The number of rotatable bonds is 3. The van der Waals surface area contributed by atoms with E-state index in [1.54, 1.807) is 31.2 Å². The summed E-state index contributed by atoms with van der Waals surface area (Å²) in [6, 6.07) is 10.3. The van der Waals surface area contributed by atoms with Crippen molar-refractivity contribution < 1.29 is 28.7 Å². The second kappa shape index (κ2) is 9.76. The van der Waals surface area contributed by atoms with Crippen molar-refractivity contribution in [1.82, 2.24) is 4.90 Å². The van der Waals surface area contributed by atoms with Crippen LogP contribution in [0.15, 0.2) is 54.1 Å². The quantitative estimate of drug-likeness (QED) is 0.363. The molecule has 0 bridgehead atoms. The van der Waals surface area contributed by atoms with E-state index >= 15 is 0 Å². The molecule has 7 rings (SSSR count). The highest BCUT2D eigenvalue weighted by Crippen LogP contribution is 2.63. The molecule has 2 aromatic rings. The summed E-state index contributed by atoms with van der Waals surface area (Å²) in [5.41, 5.74) is 0.629. The number of phenolic OH excluding ortho intramolecular Hbond substituents is 1. The number of phenols is 1. The zero-order valence-electron chi connectivity index (χ0n) is 23.3. The minimum atomic E-state index is -1.21. The van der Waals surface area contributed by atoms with Gasteiger partial charge >= 0.3 is 0 Å². The van der Waals surface area contributed by atoms with E-state index in [0.29, 0.717) is 6.42 Å². The van der Waals surface area contributed by atoms with E-state index in [9.17, 15) is 28.7 Å². The summed E-state index contributed by atoms with van der Waals surface area (Å²) in [5, 5.41) is 9.84. The number of benzene rings is 2. The lowest BCUT2D eigenvalue weighted by molar-refractivity contribution is -0.144. The smallest absolute Gasteiger partial charge is 0.241 e. The Balaban J connectivity index is 1.34. The summed E-state index contributed by atoms with van der Waals surface area (Å²) in [6.07, 6.45) is 7.41. The van der Waals surface area contributed by atoms with E-state index < -0.39 is 46.7 Å². The number of anilines is 1. The molecule has 2 saturated heterocycles. The van der Waals surface area contributed by atoms with Crippen molar-refractivity contribution in [2.24, 2.45) is 29.1 Å². The van der Waals surface area contributed by atoms with Crippen LogP contribution in [0.2, 0.25) is 5.02 Å². The minimum absolute atomic E-state index is 0.0709. The molecule has 5 aliphatic rings. The Kier molecular flexibility index (Phi) is 6.35. The highest BCUT2D eigenvalue weighted by molar-refractivity contribution is 6.31. The molecule has 6 unspecified atom stereocenters. The summed E-state index contributed by atoms with van der Waals surface area (Å²) >= 11 is 6.05. The van der Waals surface area contributed by atoms with Gasteiger partial charge in [-0.15, -0.1) is 0 Å². The molecule has 2 aromatic carbocycles. The van der Waals surface area contributed by atoms with Gasteiger partial charge in [0.2, 0.25) is 23.6 Å². The van der Waals surface area contributed by atoms with Gasteiger partial charge < -0.3 is 5.11 Å². The number of carbonyl (C=O) groups is 4. The lowest BCUT2D eigenvalue weighted by Gasteiger charge is -2.49. The lowest BCUT2D eigenvalue weighted by Crippen LogP contribution is -2.49. The molecule has 3 aliphatic carbocycles. The normalized spacial score (nSPS) is 33.0. The maximum absolute atomic E-state index is 14.4. The van der Waals surface area contributed by atoms with Gasteiger partial charge in [-0.3, -0.25) is 24.1 Å². The molecule has 218 valence electrons. The topological polar surface area (TPSA) is 95.0 Å². The summed E-state index contributed by atoms with van der Waals surface area (Å²) in [7, 11) is 0. The van der Waals surface area contributed by atoms with Crippen LogP contribution >= 0.6 is 11.6 Å². The van der Waals surface area contributed by atoms with Crippen LogP contribution in [0, 0.1) is 34.9 Å². The Hall–Kier alpha value is -3.52. The summed E-state index contributed by atoms with van der Waals surface area (Å²) < 4.78 is 14.0. The Morgan fingerprint density at radius 1 is 0.929 bits per heavy atom. The molecule has 7 nitrogen and oxygen atoms in total. The van der Waals surface area contributed by atoms with Crippen LogP contribution in [0.1, 0.15) is 63.4 Å². The number of halogens is 2. The standard InChI is InChI=1S/C33H32ClFN2O5/c1-33-24(30(40)37(32(33)42)19-9-14-26(35)25(34)15-19)16-23-21(28(33)17-7-10-20(38)11-8-17)12-13-22-27(23)31(41)36(29(22)39)18-5-3-2-4-6-18/h7-12,14-15,18,22-24,27-28,38H,2-6,13,16H2,1H3. The second-order valence-corrected chi connectivity index (χ2v) is 13.1. The molecule has 4 amide bonds. The molecule has 2 aliphatic heterocycles. The molecule has 2 saturated carbocycles. The number of imide groups is 2. The van der Waals surface area contributed by atoms with Crippen molar-refractivity contribution in [1.29, 1.82) is 0 Å². The average Bonchev–Trinajstić information content (AvgIpc) is 3.35. The SMILES string of the molecule is CC12C(=O)N(c3ccc(F)c(Cl)c3)C(=O)C1CC1C(=CCC3C(=O)N(C4CCCCC4)C(=O)C31)C2c1ccc(O)cc1. The molecule has 9 heteroatoms. The number of nitrogens with zero attached hydrogens (tertiary/aromatic N) is 2. The Bertz CT molecular complexity index is 1550. The van der Waals surface area contributed by atoms with Crippen LogP contribution in [-0.2, 0) is 19.2 Å². The van der Waals surface area contributed by atoms with Gasteiger partial charge in [0.15, 0.2) is 0 Å². The fourth-order valence-corrected chi connectivity index (χ4v) is 8.83. The molecule has 42 heavy (non-hydrogen) atoms. The molecule has 2 heterocycles. The number of hydrogen-bond acceptors (Lipinski definition) is 5. The molecule has 6 atom stereocenters. The van der Waals surface area contributed by atoms with Crippen LogP contribution in [0.3, 0.4) is 0 Å². The van der Waals surface area contributed by atoms with Gasteiger partial charge in [-0.2, -0.15) is 0 Å². The van der Waals surface area contributed by atoms with E-state index in [1.807, 2.05) is 6.08 Å². The number of likely N-dealkylation sites (tertiary alicyclic amines) is 1. The highest BCUT2D eigenvalue weighted by Gasteiger charge is 2.67.